The maximum Gasteiger partial charge on any atom is 1.00 e. The quantitative estimate of drug-likeness (QED) is 0.0160. The van der Waals surface area contributed by atoms with Gasteiger partial charge in [-0.05, 0) is 24.6 Å². The molecule has 0 aliphatic carbocycles. The second-order valence-corrected chi connectivity index (χ2v) is 20.6. The summed E-state index contributed by atoms with van der Waals surface area (Å²) in [6.45, 7) is 1.58. The summed E-state index contributed by atoms with van der Waals surface area (Å²) in [5.74, 6) is -2.84. The molecule has 0 spiro atoms. The third-order valence-corrected chi connectivity index (χ3v) is 14.0. The van der Waals surface area contributed by atoms with Crippen molar-refractivity contribution in [3.63, 3.8) is 0 Å². The third kappa shape index (κ3) is 19.6. The Bertz CT molecular complexity index is 2180. The fraction of sp³-hybridized carbons (Fsp3) is 0.792. The summed E-state index contributed by atoms with van der Waals surface area (Å²) in [6, 6.07) is -0.636. The maximum absolute atomic E-state index is 13.8. The molecule has 0 saturated carbocycles. The van der Waals surface area contributed by atoms with Crippen LogP contribution in [0.1, 0.15) is 95.8 Å². The molecule has 4 aliphatic heterocycles. The molecule has 446 valence electrons. The van der Waals surface area contributed by atoms with E-state index in [-0.39, 0.29) is 35.1 Å². The van der Waals surface area contributed by atoms with Crippen molar-refractivity contribution in [2.24, 2.45) is 0 Å². The smallest absolute Gasteiger partial charge is 0.726 e. The van der Waals surface area contributed by atoms with Gasteiger partial charge in [-0.15, -0.1) is 0 Å². The Morgan fingerprint density at radius 2 is 1.00 bits per heavy atom. The first-order valence-electron chi connectivity index (χ1n) is 26.0. The number of aliphatic hydroxyl groups excluding tert-OH is 9. The standard InChI is InChI=1S/C48H78N4O25S.Na/c1-5-6-7-8-9-10-11-12-13-17-69-27-16-14-15-26(18-27)44(64)52-33-37(60)36(59)28(19-53)72-46(33)75-41-29(20-54)73-47(34(39(41)62)50-24(3)57)76-42-30(21-55)74-48(35(40(42)63)51-25(4)58)77-43-31(22-70-78(66,67)68)71-45(65)32(38(43)61)49-23(2)56;/h14-16,18,28-43,45-48,53-55,59-63,65H,5-13,17,19-22H2,1-4H3,(H,49,56)(H,50,57)(H,51,58)(H,52,64)(H,66,67,68);/q;+1/p-1/t28?,29-,30?,31-,32?,33-,34?,35-,36+,37+,38?,39?,40+,41+,42?,43+,45?,46?,47?,48-;/m0./s1. The molecule has 0 aromatic heterocycles. The fourth-order valence-corrected chi connectivity index (χ4v) is 9.94. The second kappa shape index (κ2) is 32.8. The molecule has 1 aromatic carbocycles. The van der Waals surface area contributed by atoms with E-state index in [9.17, 15) is 78.1 Å². The summed E-state index contributed by atoms with van der Waals surface area (Å²) in [4.78, 5) is 51.1. The number of hydrogen-bond acceptors (Lipinski definition) is 25. The van der Waals surface area contributed by atoms with Crippen molar-refractivity contribution < 1.29 is 150 Å². The minimum Gasteiger partial charge on any atom is -0.726 e. The largest absolute Gasteiger partial charge is 1.00 e. The number of aliphatic hydroxyl groups is 9. The van der Waals surface area contributed by atoms with Crippen molar-refractivity contribution >= 4 is 34.0 Å². The van der Waals surface area contributed by atoms with Gasteiger partial charge in [0.1, 0.15) is 103 Å². The number of hydrogen-bond donors (Lipinski definition) is 13. The number of ether oxygens (including phenoxy) is 8. The first-order chi connectivity index (χ1) is 37.0. The molecule has 79 heavy (non-hydrogen) atoms. The third-order valence-electron chi connectivity index (χ3n) is 13.6. The van der Waals surface area contributed by atoms with Gasteiger partial charge in [-0.3, -0.25) is 23.4 Å². The van der Waals surface area contributed by atoms with Crippen LogP contribution in [0.25, 0.3) is 0 Å². The minimum atomic E-state index is -5.41. The molecule has 31 heteroatoms. The summed E-state index contributed by atoms with van der Waals surface area (Å²) in [6.07, 6.45) is -19.6. The van der Waals surface area contributed by atoms with Crippen LogP contribution in [0.2, 0.25) is 0 Å². The number of carbonyl (C=O) groups is 4. The second-order valence-electron chi connectivity index (χ2n) is 19.6. The van der Waals surface area contributed by atoms with Crippen LogP contribution in [-0.2, 0) is 62.1 Å². The van der Waals surface area contributed by atoms with Gasteiger partial charge >= 0.3 is 29.6 Å². The molecular formula is C48H77N4NaO25S. The molecule has 5 rings (SSSR count). The average Bonchev–Trinajstić information content (AvgIpc) is 3.47. The van der Waals surface area contributed by atoms with Crippen LogP contribution in [0, 0.1) is 0 Å². The molecular weight excluding hydrogens is 1090 g/mol. The molecule has 4 aliphatic rings. The molecule has 4 saturated heterocycles. The molecule has 4 fully saturated rings. The van der Waals surface area contributed by atoms with E-state index in [0.29, 0.717) is 12.4 Å². The Morgan fingerprint density at radius 3 is 1.47 bits per heavy atom. The SMILES string of the molecule is CCCCCCCCCCCOc1cccc(C(=O)N[C@@H]2C(O[C@H]3C(O)C(NC(C)=O)C(OC4C(CO)O[C@@H](O[C@H]5C(O)C(NC(C)=O)C(O)O[C@H]5COS(=O)(=O)[O-])[C@@H](NC(C)=O)[C@H]4O)O[C@H]3CO)OC(CO)[C@@H](O)[C@@H]2O)c1.[Na+]. The van der Waals surface area contributed by atoms with Crippen molar-refractivity contribution in [1.29, 1.82) is 0 Å². The van der Waals surface area contributed by atoms with Crippen molar-refractivity contribution in [3.05, 3.63) is 29.8 Å². The monoisotopic (exact) mass is 1160 g/mol. The molecule has 4 amide bonds. The number of amides is 4. The van der Waals surface area contributed by atoms with Crippen molar-refractivity contribution in [1.82, 2.24) is 21.3 Å². The van der Waals surface area contributed by atoms with Gasteiger partial charge in [0.2, 0.25) is 28.1 Å². The zero-order valence-corrected chi connectivity index (χ0v) is 47.5. The van der Waals surface area contributed by atoms with Crippen LogP contribution in [0.5, 0.6) is 5.75 Å². The topological polar surface area (TPSA) is 439 Å². The normalized spacial score (nSPS) is 34.9. The molecule has 20 atom stereocenters. The molecule has 4 heterocycles. The maximum atomic E-state index is 13.8. The summed E-state index contributed by atoms with van der Waals surface area (Å²) in [5, 5.41) is 109. The van der Waals surface area contributed by atoms with Crippen LogP contribution in [0.15, 0.2) is 24.3 Å². The number of carbonyl (C=O) groups excluding carboxylic acids is 4. The summed E-state index contributed by atoms with van der Waals surface area (Å²) in [5.41, 5.74) is 0.0706. The van der Waals surface area contributed by atoms with E-state index in [1.165, 1.54) is 44.2 Å². The van der Waals surface area contributed by atoms with E-state index in [0.717, 1.165) is 46.5 Å². The van der Waals surface area contributed by atoms with Gasteiger partial charge in [0, 0.05) is 26.3 Å². The van der Waals surface area contributed by atoms with Gasteiger partial charge in [-0.2, -0.15) is 0 Å². The summed E-state index contributed by atoms with van der Waals surface area (Å²) >= 11 is 0. The Kier molecular flexibility index (Phi) is 28.5. The van der Waals surface area contributed by atoms with E-state index in [4.69, 9.17) is 37.9 Å². The molecule has 29 nitrogen and oxygen atoms in total. The number of unbranched alkanes of at least 4 members (excludes halogenated alkanes) is 8. The Hall–Kier alpha value is -2.87. The van der Waals surface area contributed by atoms with E-state index in [2.05, 4.69) is 32.4 Å². The number of benzene rings is 1. The van der Waals surface area contributed by atoms with E-state index in [1.807, 2.05) is 0 Å². The van der Waals surface area contributed by atoms with E-state index >= 15 is 0 Å². The zero-order chi connectivity index (χ0) is 57.4. The van der Waals surface area contributed by atoms with Gasteiger partial charge in [-0.1, -0.05) is 64.4 Å². The predicted molar refractivity (Wildman–Crippen MR) is 262 cm³/mol. The van der Waals surface area contributed by atoms with E-state index < -0.39 is 183 Å². The summed E-state index contributed by atoms with van der Waals surface area (Å²) in [7, 11) is -5.41. The van der Waals surface area contributed by atoms with Gasteiger partial charge in [-0.25, -0.2) is 8.42 Å². The average molecular weight is 1170 g/mol. The van der Waals surface area contributed by atoms with Crippen LogP contribution < -0.4 is 55.6 Å². The Balaban J connectivity index is 0.0000134. The molecule has 0 radical (unpaired) electrons. The van der Waals surface area contributed by atoms with Crippen LogP contribution in [-0.4, -0.2) is 238 Å². The first-order valence-corrected chi connectivity index (χ1v) is 27.3. The zero-order valence-electron chi connectivity index (χ0n) is 44.7. The van der Waals surface area contributed by atoms with Crippen LogP contribution in [0.3, 0.4) is 0 Å². The minimum absolute atomic E-state index is 0. The van der Waals surface area contributed by atoms with Crippen LogP contribution >= 0.6 is 0 Å². The van der Waals surface area contributed by atoms with Crippen molar-refractivity contribution in [3.8, 4) is 5.75 Å². The van der Waals surface area contributed by atoms with Gasteiger partial charge in [0.25, 0.3) is 5.91 Å². The van der Waals surface area contributed by atoms with Crippen molar-refractivity contribution in [2.75, 3.05) is 33.0 Å². The molecule has 0 bridgehead atoms. The molecule has 1 aromatic rings. The number of rotatable bonds is 28. The Morgan fingerprint density at radius 1 is 0.570 bits per heavy atom. The summed E-state index contributed by atoms with van der Waals surface area (Å²) < 4.78 is 85.7. The number of nitrogens with one attached hydrogen (secondary N) is 4. The van der Waals surface area contributed by atoms with Gasteiger partial charge < -0.3 is 110 Å². The first kappa shape index (κ1) is 68.6. The van der Waals surface area contributed by atoms with E-state index in [1.54, 1.807) is 12.1 Å². The van der Waals surface area contributed by atoms with Crippen molar-refractivity contribution in [2.45, 2.75) is 208 Å². The molecule has 13 N–H and O–H groups in total. The Labute approximate surface area is 479 Å². The fourth-order valence-electron chi connectivity index (χ4n) is 9.64. The van der Waals surface area contributed by atoms with Crippen LogP contribution in [0.4, 0.5) is 0 Å². The van der Waals surface area contributed by atoms with Gasteiger partial charge in [0.05, 0.1) is 33.0 Å². The van der Waals surface area contributed by atoms with Gasteiger partial charge in [0.15, 0.2) is 25.2 Å². The molecule has 10 unspecified atom stereocenters. The predicted octanol–water partition coefficient (Wildman–Crippen LogP) is -7.48.